The van der Waals surface area contributed by atoms with Gasteiger partial charge in [-0.1, -0.05) is 59.8 Å². The van der Waals surface area contributed by atoms with Crippen LogP contribution in [0.2, 0.25) is 0 Å². The lowest BCUT2D eigenvalue weighted by atomic mass is 10.2. The van der Waals surface area contributed by atoms with Gasteiger partial charge in [-0.25, -0.2) is 4.98 Å². The van der Waals surface area contributed by atoms with Crippen LogP contribution < -0.4 is 4.74 Å². The molecule has 0 N–H and O–H groups in total. The summed E-state index contributed by atoms with van der Waals surface area (Å²) in [5.74, 6) is 2.34. The minimum Gasteiger partial charge on any atom is -0.483 e. The lowest BCUT2D eigenvalue weighted by Gasteiger charge is -2.16. The molecular weight excluding hydrogens is 436 g/mol. The maximum Gasteiger partial charge on any atom is 0.192 e. The molecule has 0 saturated carbocycles. The number of allylic oxidation sites excluding steroid dienone is 1. The van der Waals surface area contributed by atoms with Gasteiger partial charge in [-0.15, -0.1) is 28.1 Å². The van der Waals surface area contributed by atoms with Crippen LogP contribution in [-0.4, -0.2) is 19.7 Å². The van der Waals surface area contributed by atoms with Gasteiger partial charge in [-0.05, 0) is 38.5 Å². The molecule has 7 heteroatoms. The average Bonchev–Trinajstić information content (AvgIpc) is 3.40. The molecule has 2 aromatic carbocycles. The van der Waals surface area contributed by atoms with Crippen molar-refractivity contribution in [3.63, 3.8) is 0 Å². The van der Waals surface area contributed by atoms with E-state index in [-0.39, 0.29) is 6.10 Å². The summed E-state index contributed by atoms with van der Waals surface area (Å²) < 4.78 is 8.19. The van der Waals surface area contributed by atoms with Crippen molar-refractivity contribution in [1.82, 2.24) is 19.7 Å². The zero-order chi connectivity index (χ0) is 22.5. The summed E-state index contributed by atoms with van der Waals surface area (Å²) in [4.78, 5) is 4.80. The van der Waals surface area contributed by atoms with Gasteiger partial charge >= 0.3 is 0 Å². The number of rotatable bonds is 9. The van der Waals surface area contributed by atoms with E-state index in [0.717, 1.165) is 44.3 Å². The Morgan fingerprint density at radius 2 is 1.94 bits per heavy atom. The number of hydrogen-bond acceptors (Lipinski definition) is 6. The van der Waals surface area contributed by atoms with Gasteiger partial charge in [0.1, 0.15) is 10.8 Å². The van der Waals surface area contributed by atoms with E-state index >= 15 is 0 Å². The summed E-state index contributed by atoms with van der Waals surface area (Å²) in [6.07, 6.45) is 1.63. The third-order valence-corrected chi connectivity index (χ3v) is 6.86. The predicted octanol–water partition coefficient (Wildman–Crippen LogP) is 6.64. The largest absolute Gasteiger partial charge is 0.483 e. The van der Waals surface area contributed by atoms with E-state index in [2.05, 4.69) is 70.9 Å². The second kappa shape index (κ2) is 10.1. The Kier molecular flexibility index (Phi) is 7.07. The van der Waals surface area contributed by atoms with Crippen molar-refractivity contribution in [2.24, 2.45) is 0 Å². The summed E-state index contributed by atoms with van der Waals surface area (Å²) >= 11 is 3.30. The molecule has 164 valence electrons. The summed E-state index contributed by atoms with van der Waals surface area (Å²) in [7, 11) is 0. The maximum absolute atomic E-state index is 6.13. The van der Waals surface area contributed by atoms with Crippen molar-refractivity contribution in [3.05, 3.63) is 89.2 Å². The Labute approximate surface area is 197 Å². The van der Waals surface area contributed by atoms with Crippen LogP contribution in [0.3, 0.4) is 0 Å². The standard InChI is InChI=1S/C25H26N4OS2/c1-5-13-29-23(19(4)30-22-8-6-7-18(3)14-22)27-28-25(29)32-16-21-15-31-24(26-21)20-11-9-17(2)10-12-20/h5-12,14-15,19H,1,13,16H2,2-4H3. The Morgan fingerprint density at radius 1 is 1.12 bits per heavy atom. The zero-order valence-corrected chi connectivity index (χ0v) is 20.1. The van der Waals surface area contributed by atoms with Crippen molar-refractivity contribution in [3.8, 4) is 16.3 Å². The number of nitrogens with zero attached hydrogens (tertiary/aromatic N) is 4. The SMILES string of the molecule is C=CCn1c(SCc2csc(-c3ccc(C)cc3)n2)nnc1C(C)Oc1cccc(C)c1. The first-order chi connectivity index (χ1) is 15.5. The van der Waals surface area contributed by atoms with Gasteiger partial charge in [-0.3, -0.25) is 4.57 Å². The number of ether oxygens (including phenoxy) is 1. The van der Waals surface area contributed by atoms with Crippen molar-refractivity contribution >= 4 is 23.1 Å². The van der Waals surface area contributed by atoms with Crippen LogP contribution in [0.15, 0.2) is 71.7 Å². The molecule has 2 heterocycles. The summed E-state index contributed by atoms with van der Waals surface area (Å²) in [5, 5.41) is 12.8. The quantitative estimate of drug-likeness (QED) is 0.206. The van der Waals surface area contributed by atoms with E-state index in [9.17, 15) is 0 Å². The van der Waals surface area contributed by atoms with Crippen LogP contribution in [0.4, 0.5) is 0 Å². The highest BCUT2D eigenvalue weighted by Gasteiger charge is 2.19. The fraction of sp³-hybridized carbons (Fsp3) is 0.240. The van der Waals surface area contributed by atoms with Gasteiger partial charge in [0.2, 0.25) is 0 Å². The number of hydrogen-bond donors (Lipinski definition) is 0. The minimum absolute atomic E-state index is 0.231. The number of thiazole rings is 1. The van der Waals surface area contributed by atoms with Gasteiger partial charge in [0.25, 0.3) is 0 Å². The molecule has 1 atom stereocenters. The number of benzene rings is 2. The van der Waals surface area contributed by atoms with Gasteiger partial charge in [0.15, 0.2) is 17.1 Å². The van der Waals surface area contributed by atoms with Crippen molar-refractivity contribution in [1.29, 1.82) is 0 Å². The smallest absolute Gasteiger partial charge is 0.192 e. The highest BCUT2D eigenvalue weighted by molar-refractivity contribution is 7.98. The molecule has 32 heavy (non-hydrogen) atoms. The molecule has 4 aromatic rings. The van der Waals surface area contributed by atoms with Gasteiger partial charge in [-0.2, -0.15) is 0 Å². The molecule has 0 aliphatic rings. The van der Waals surface area contributed by atoms with Crippen LogP contribution in [0.1, 0.15) is 35.7 Å². The summed E-state index contributed by atoms with van der Waals surface area (Å²) in [6.45, 7) is 10.7. The molecular formula is C25H26N4OS2. The van der Waals surface area contributed by atoms with E-state index in [0.29, 0.717) is 6.54 Å². The fourth-order valence-corrected chi connectivity index (χ4v) is 5.07. The van der Waals surface area contributed by atoms with Gasteiger partial charge in [0.05, 0.1) is 5.69 Å². The Balaban J connectivity index is 1.46. The lowest BCUT2D eigenvalue weighted by Crippen LogP contribution is -2.12. The Morgan fingerprint density at radius 3 is 2.69 bits per heavy atom. The highest BCUT2D eigenvalue weighted by atomic mass is 32.2. The molecule has 5 nitrogen and oxygen atoms in total. The molecule has 4 rings (SSSR count). The van der Waals surface area contributed by atoms with Gasteiger partial charge < -0.3 is 4.74 Å². The normalized spacial score (nSPS) is 12.0. The van der Waals surface area contributed by atoms with E-state index in [1.165, 1.54) is 5.56 Å². The molecule has 0 amide bonds. The monoisotopic (exact) mass is 462 g/mol. The van der Waals surface area contributed by atoms with E-state index in [1.54, 1.807) is 23.1 Å². The van der Waals surface area contributed by atoms with E-state index in [4.69, 9.17) is 9.72 Å². The third-order valence-electron chi connectivity index (χ3n) is 4.92. The number of thioether (sulfide) groups is 1. The van der Waals surface area contributed by atoms with Crippen molar-refractivity contribution in [2.75, 3.05) is 0 Å². The van der Waals surface area contributed by atoms with Crippen LogP contribution >= 0.6 is 23.1 Å². The first-order valence-corrected chi connectivity index (χ1v) is 12.3. The Bertz CT molecular complexity index is 1200. The molecule has 0 radical (unpaired) electrons. The lowest BCUT2D eigenvalue weighted by molar-refractivity contribution is 0.210. The molecule has 0 bridgehead atoms. The fourth-order valence-electron chi connectivity index (χ4n) is 3.29. The molecule has 2 aromatic heterocycles. The van der Waals surface area contributed by atoms with E-state index in [1.807, 2.05) is 31.2 Å². The first kappa shape index (κ1) is 22.3. The number of aryl methyl sites for hydroxylation is 2. The summed E-state index contributed by atoms with van der Waals surface area (Å²) in [6, 6.07) is 16.5. The second-order valence-corrected chi connectivity index (χ2v) is 9.42. The highest BCUT2D eigenvalue weighted by Crippen LogP contribution is 2.29. The minimum atomic E-state index is -0.231. The second-order valence-electron chi connectivity index (χ2n) is 7.62. The Hall–Kier alpha value is -2.90. The van der Waals surface area contributed by atoms with Crippen LogP contribution in [0.25, 0.3) is 10.6 Å². The molecule has 0 spiro atoms. The van der Waals surface area contributed by atoms with Crippen LogP contribution in [-0.2, 0) is 12.3 Å². The van der Waals surface area contributed by atoms with Crippen LogP contribution in [0.5, 0.6) is 5.75 Å². The maximum atomic E-state index is 6.13. The third kappa shape index (κ3) is 5.29. The van der Waals surface area contributed by atoms with Crippen molar-refractivity contribution < 1.29 is 4.74 Å². The van der Waals surface area contributed by atoms with E-state index < -0.39 is 0 Å². The molecule has 0 saturated heterocycles. The molecule has 1 unspecified atom stereocenters. The molecule has 0 fully saturated rings. The topological polar surface area (TPSA) is 52.8 Å². The molecule has 0 aliphatic heterocycles. The first-order valence-electron chi connectivity index (χ1n) is 10.4. The van der Waals surface area contributed by atoms with Gasteiger partial charge in [0, 0.05) is 23.2 Å². The van der Waals surface area contributed by atoms with Crippen molar-refractivity contribution in [2.45, 2.75) is 44.3 Å². The molecule has 0 aliphatic carbocycles. The number of aromatic nitrogens is 4. The summed E-state index contributed by atoms with van der Waals surface area (Å²) in [5.41, 5.74) is 4.59. The average molecular weight is 463 g/mol. The van der Waals surface area contributed by atoms with Crippen LogP contribution in [0, 0.1) is 13.8 Å². The zero-order valence-electron chi connectivity index (χ0n) is 18.5. The predicted molar refractivity (Wildman–Crippen MR) is 132 cm³/mol.